The van der Waals surface area contributed by atoms with Gasteiger partial charge in [0.25, 0.3) is 0 Å². The van der Waals surface area contributed by atoms with E-state index in [9.17, 15) is 5.11 Å². The summed E-state index contributed by atoms with van der Waals surface area (Å²) in [5.74, 6) is 1.25. The lowest BCUT2D eigenvalue weighted by Gasteiger charge is -2.38. The summed E-state index contributed by atoms with van der Waals surface area (Å²) in [4.78, 5) is 2.44. The van der Waals surface area contributed by atoms with Gasteiger partial charge in [0, 0.05) is 55.3 Å². The molecule has 0 spiro atoms. The molecule has 5 heteroatoms. The second kappa shape index (κ2) is 6.76. The van der Waals surface area contributed by atoms with Crippen molar-refractivity contribution >= 4 is 0 Å². The predicted octanol–water partition coefficient (Wildman–Crippen LogP) is 3.06. The summed E-state index contributed by atoms with van der Waals surface area (Å²) in [6, 6.07) is 18.6. The Bertz CT molecular complexity index is 985. The Morgan fingerprint density at radius 1 is 1.14 bits per heavy atom. The highest BCUT2D eigenvalue weighted by Gasteiger charge is 2.50. The molecule has 1 fully saturated rings. The van der Waals surface area contributed by atoms with Gasteiger partial charge in [-0.25, -0.2) is 0 Å². The van der Waals surface area contributed by atoms with E-state index in [0.717, 1.165) is 36.6 Å². The first-order valence-corrected chi connectivity index (χ1v) is 9.81. The van der Waals surface area contributed by atoms with Gasteiger partial charge in [-0.15, -0.1) is 0 Å². The maximum Gasteiger partial charge on any atom is 0.122 e. The van der Waals surface area contributed by atoms with E-state index in [0.29, 0.717) is 12.5 Å². The number of para-hydroxylation sites is 1. The molecule has 0 bridgehead atoms. The van der Waals surface area contributed by atoms with Crippen LogP contribution in [-0.4, -0.2) is 46.1 Å². The van der Waals surface area contributed by atoms with Gasteiger partial charge in [0.05, 0.1) is 18.9 Å². The van der Waals surface area contributed by atoms with E-state index in [4.69, 9.17) is 9.84 Å². The van der Waals surface area contributed by atoms with Crippen LogP contribution in [0.15, 0.2) is 60.8 Å². The van der Waals surface area contributed by atoms with Crippen molar-refractivity contribution in [3.8, 4) is 17.0 Å². The molecule has 1 N–H and O–H groups in total. The second-order valence-electron chi connectivity index (χ2n) is 8.11. The SMILES string of the molecule is Cn1cc(CN2CC3c4ccccc4OCC3(CO)C2)c(-c2ccccc2)n1. The molecular formula is C23H25N3O2. The van der Waals surface area contributed by atoms with E-state index in [1.807, 2.05) is 42.1 Å². The van der Waals surface area contributed by atoms with E-state index in [-0.39, 0.29) is 12.0 Å². The Kier molecular flexibility index (Phi) is 4.22. The van der Waals surface area contributed by atoms with Crippen LogP contribution in [0.5, 0.6) is 5.75 Å². The maximum absolute atomic E-state index is 10.3. The van der Waals surface area contributed by atoms with Crippen LogP contribution in [0.25, 0.3) is 11.3 Å². The van der Waals surface area contributed by atoms with Gasteiger partial charge in [0.1, 0.15) is 5.75 Å². The summed E-state index contributed by atoms with van der Waals surface area (Å²) in [7, 11) is 1.97. The summed E-state index contributed by atoms with van der Waals surface area (Å²) >= 11 is 0. The molecule has 2 aliphatic rings. The van der Waals surface area contributed by atoms with Gasteiger partial charge >= 0.3 is 0 Å². The third kappa shape index (κ3) is 2.82. The highest BCUT2D eigenvalue weighted by molar-refractivity contribution is 5.62. The summed E-state index contributed by atoms with van der Waals surface area (Å²) in [6.45, 7) is 3.27. The summed E-state index contributed by atoms with van der Waals surface area (Å²) in [5, 5.41) is 15.0. The van der Waals surface area contributed by atoms with E-state index in [1.165, 1.54) is 11.1 Å². The molecule has 3 heterocycles. The fraction of sp³-hybridized carbons (Fsp3) is 0.348. The zero-order valence-electron chi connectivity index (χ0n) is 16.1. The lowest BCUT2D eigenvalue weighted by atomic mass is 9.74. The highest BCUT2D eigenvalue weighted by atomic mass is 16.5. The van der Waals surface area contributed by atoms with Gasteiger partial charge in [0.15, 0.2) is 0 Å². The topological polar surface area (TPSA) is 50.5 Å². The molecule has 0 amide bonds. The molecule has 2 aromatic carbocycles. The number of likely N-dealkylation sites (tertiary alicyclic amines) is 1. The third-order valence-corrected chi connectivity index (χ3v) is 6.19. The minimum atomic E-state index is -0.233. The normalized spacial score (nSPS) is 23.9. The molecule has 144 valence electrons. The largest absolute Gasteiger partial charge is 0.493 e. The molecule has 0 radical (unpaired) electrons. The van der Waals surface area contributed by atoms with Crippen LogP contribution in [-0.2, 0) is 13.6 Å². The van der Waals surface area contributed by atoms with Crippen LogP contribution in [0.1, 0.15) is 17.0 Å². The van der Waals surface area contributed by atoms with Gasteiger partial charge in [-0.3, -0.25) is 9.58 Å². The summed E-state index contributed by atoms with van der Waals surface area (Å²) in [6.07, 6.45) is 2.11. The second-order valence-corrected chi connectivity index (χ2v) is 8.11. The van der Waals surface area contributed by atoms with E-state index >= 15 is 0 Å². The van der Waals surface area contributed by atoms with Crippen molar-refractivity contribution in [2.75, 3.05) is 26.3 Å². The Labute approximate surface area is 165 Å². The fourth-order valence-electron chi connectivity index (χ4n) is 4.83. The third-order valence-electron chi connectivity index (χ3n) is 6.19. The smallest absolute Gasteiger partial charge is 0.122 e. The molecule has 2 unspecified atom stereocenters. The first-order valence-electron chi connectivity index (χ1n) is 9.81. The first kappa shape index (κ1) is 17.5. The van der Waals surface area contributed by atoms with Crippen LogP contribution in [0.4, 0.5) is 0 Å². The van der Waals surface area contributed by atoms with Crippen LogP contribution >= 0.6 is 0 Å². The number of aryl methyl sites for hydroxylation is 1. The van der Waals surface area contributed by atoms with Crippen molar-refractivity contribution in [1.82, 2.24) is 14.7 Å². The monoisotopic (exact) mass is 375 g/mol. The fourth-order valence-corrected chi connectivity index (χ4v) is 4.83. The van der Waals surface area contributed by atoms with Crippen LogP contribution < -0.4 is 4.74 Å². The van der Waals surface area contributed by atoms with Gasteiger partial charge in [-0.2, -0.15) is 5.10 Å². The number of aromatic nitrogens is 2. The Balaban J connectivity index is 1.44. The van der Waals surface area contributed by atoms with E-state index < -0.39 is 0 Å². The quantitative estimate of drug-likeness (QED) is 0.762. The molecule has 0 saturated carbocycles. The molecule has 5 nitrogen and oxygen atoms in total. The molecule has 0 aliphatic carbocycles. The van der Waals surface area contributed by atoms with Crippen LogP contribution in [0.2, 0.25) is 0 Å². The minimum Gasteiger partial charge on any atom is -0.493 e. The van der Waals surface area contributed by atoms with Gasteiger partial charge in [-0.05, 0) is 11.6 Å². The van der Waals surface area contributed by atoms with Crippen molar-refractivity contribution in [2.45, 2.75) is 12.5 Å². The zero-order chi connectivity index (χ0) is 19.1. The van der Waals surface area contributed by atoms with Crippen molar-refractivity contribution in [3.05, 3.63) is 71.9 Å². The average Bonchev–Trinajstić information content (AvgIpc) is 3.29. The molecular weight excluding hydrogens is 350 g/mol. The number of hydrogen-bond donors (Lipinski definition) is 1. The van der Waals surface area contributed by atoms with E-state index in [2.05, 4.69) is 35.4 Å². The maximum atomic E-state index is 10.3. The Morgan fingerprint density at radius 2 is 1.93 bits per heavy atom. The molecule has 1 aromatic heterocycles. The molecule has 2 atom stereocenters. The average molecular weight is 375 g/mol. The minimum absolute atomic E-state index is 0.140. The summed E-state index contributed by atoms with van der Waals surface area (Å²) < 4.78 is 7.91. The lowest BCUT2D eigenvalue weighted by molar-refractivity contribution is 0.0457. The first-order chi connectivity index (χ1) is 13.7. The molecule has 5 rings (SSSR count). The number of nitrogens with zero attached hydrogens (tertiary/aromatic N) is 3. The van der Waals surface area contributed by atoms with Gasteiger partial charge < -0.3 is 9.84 Å². The molecule has 3 aromatic rings. The molecule has 28 heavy (non-hydrogen) atoms. The molecule has 2 aliphatic heterocycles. The summed E-state index contributed by atoms with van der Waals surface area (Å²) in [5.41, 5.74) is 4.38. The van der Waals surface area contributed by atoms with Gasteiger partial charge in [0.2, 0.25) is 0 Å². The molecule has 1 saturated heterocycles. The number of rotatable bonds is 4. The van der Waals surface area contributed by atoms with Crippen LogP contribution in [0, 0.1) is 5.41 Å². The van der Waals surface area contributed by atoms with Crippen molar-refractivity contribution < 1.29 is 9.84 Å². The lowest BCUT2D eigenvalue weighted by Crippen LogP contribution is -2.42. The van der Waals surface area contributed by atoms with E-state index in [1.54, 1.807) is 0 Å². The number of ether oxygens (including phenoxy) is 1. The van der Waals surface area contributed by atoms with Gasteiger partial charge in [-0.1, -0.05) is 48.5 Å². The zero-order valence-corrected chi connectivity index (χ0v) is 16.1. The Hall–Kier alpha value is -2.63. The predicted molar refractivity (Wildman–Crippen MR) is 108 cm³/mol. The standard InChI is InChI=1S/C23H25N3O2/c1-25-11-18(22(24-25)17-7-3-2-4-8-17)12-26-13-20-19-9-5-6-10-21(19)28-16-23(20,14-26)15-27/h2-11,20,27H,12-16H2,1H3. The number of aliphatic hydroxyl groups is 1. The Morgan fingerprint density at radius 3 is 2.75 bits per heavy atom. The number of fused-ring (bicyclic) bond motifs is 3. The van der Waals surface area contributed by atoms with Crippen molar-refractivity contribution in [2.24, 2.45) is 12.5 Å². The van der Waals surface area contributed by atoms with Crippen LogP contribution in [0.3, 0.4) is 0 Å². The van der Waals surface area contributed by atoms with Crippen molar-refractivity contribution in [3.63, 3.8) is 0 Å². The number of benzene rings is 2. The number of aliphatic hydroxyl groups excluding tert-OH is 1. The number of hydrogen-bond acceptors (Lipinski definition) is 4. The highest BCUT2D eigenvalue weighted by Crippen LogP contribution is 2.49. The van der Waals surface area contributed by atoms with Crippen molar-refractivity contribution in [1.29, 1.82) is 0 Å².